The van der Waals surface area contributed by atoms with Gasteiger partial charge in [0, 0.05) is 13.5 Å². The normalized spacial score (nSPS) is 21.6. The zero-order valence-corrected chi connectivity index (χ0v) is 16.6. The van der Waals surface area contributed by atoms with E-state index in [1.165, 1.54) is 0 Å². The second kappa shape index (κ2) is 10.3. The number of carbonyl (C=O) groups excluding carboxylic acids is 1. The quantitative estimate of drug-likeness (QED) is 0.377. The number of unbranched alkanes of at least 4 members (excludes halogenated alkanes) is 1. The number of allylic oxidation sites excluding steroid dienone is 2. The first-order valence-corrected chi connectivity index (χ1v) is 9.70. The van der Waals surface area contributed by atoms with Crippen molar-refractivity contribution in [2.45, 2.75) is 36.2 Å². The number of benzene rings is 1. The highest BCUT2D eigenvalue weighted by molar-refractivity contribution is 9.09. The second-order valence-corrected chi connectivity index (χ2v) is 7.34. The number of halogens is 1. The van der Waals surface area contributed by atoms with Crippen molar-refractivity contribution < 1.29 is 14.6 Å². The smallest absolute Gasteiger partial charge is 0.288 e. The van der Waals surface area contributed by atoms with Crippen LogP contribution in [0.2, 0.25) is 0 Å². The molecule has 0 saturated heterocycles. The molecule has 5 heteroatoms. The fourth-order valence-electron chi connectivity index (χ4n) is 2.93. The van der Waals surface area contributed by atoms with Crippen LogP contribution in [-0.4, -0.2) is 46.5 Å². The number of aliphatic hydroxyl groups is 1. The first-order chi connectivity index (χ1) is 12.5. The van der Waals surface area contributed by atoms with Gasteiger partial charge in [-0.05, 0) is 24.5 Å². The van der Waals surface area contributed by atoms with Crippen LogP contribution in [0.4, 0.5) is 0 Å². The maximum Gasteiger partial charge on any atom is 0.288 e. The number of likely N-dealkylation sites (N-methyl/N-ethyl adjacent to an activating group) is 1. The molecule has 0 saturated carbocycles. The fourth-order valence-corrected chi connectivity index (χ4v) is 3.88. The van der Waals surface area contributed by atoms with Gasteiger partial charge < -0.3 is 14.7 Å². The van der Waals surface area contributed by atoms with Crippen LogP contribution in [0.5, 0.6) is 0 Å². The third kappa shape index (κ3) is 5.58. The van der Waals surface area contributed by atoms with Crippen molar-refractivity contribution in [3.05, 3.63) is 72.5 Å². The van der Waals surface area contributed by atoms with E-state index in [1.54, 1.807) is 18.0 Å². The molecule has 0 aliphatic carbocycles. The molecule has 2 rings (SSSR count). The van der Waals surface area contributed by atoms with Crippen molar-refractivity contribution in [1.82, 2.24) is 4.90 Å². The highest BCUT2D eigenvalue weighted by Crippen LogP contribution is 2.27. The Hall–Kier alpha value is -1.85. The Kier molecular flexibility index (Phi) is 8.13. The average Bonchev–Trinajstić information content (AvgIpc) is 2.63. The number of alkyl halides is 1. The Labute approximate surface area is 164 Å². The van der Waals surface area contributed by atoms with E-state index < -0.39 is 6.10 Å². The zero-order valence-electron chi connectivity index (χ0n) is 15.1. The van der Waals surface area contributed by atoms with E-state index in [1.807, 2.05) is 48.6 Å². The maximum absolute atomic E-state index is 12.6. The Balaban J connectivity index is 1.97. The molecule has 0 aromatic heterocycles. The van der Waals surface area contributed by atoms with Crippen LogP contribution in [-0.2, 0) is 16.0 Å². The summed E-state index contributed by atoms with van der Waals surface area (Å²) in [7, 11) is 1.70. The summed E-state index contributed by atoms with van der Waals surface area (Å²) < 4.78 is 5.61. The average molecular weight is 420 g/mol. The van der Waals surface area contributed by atoms with Gasteiger partial charge in [0.1, 0.15) is 6.61 Å². The molecule has 1 N–H and O–H groups in total. The number of ether oxygens (including phenoxy) is 1. The summed E-state index contributed by atoms with van der Waals surface area (Å²) in [6, 6.07) is 9.42. The summed E-state index contributed by atoms with van der Waals surface area (Å²) in [5, 5.41) is 10.7. The van der Waals surface area contributed by atoms with Crippen molar-refractivity contribution in [2.24, 2.45) is 0 Å². The largest absolute Gasteiger partial charge is 0.484 e. The Bertz CT molecular complexity index is 656. The highest BCUT2D eigenvalue weighted by atomic mass is 79.9. The van der Waals surface area contributed by atoms with E-state index in [4.69, 9.17) is 4.74 Å². The second-order valence-electron chi connectivity index (χ2n) is 6.29. The van der Waals surface area contributed by atoms with Gasteiger partial charge in [0.25, 0.3) is 5.91 Å². The Morgan fingerprint density at radius 2 is 2.04 bits per heavy atom. The molecule has 3 atom stereocenters. The van der Waals surface area contributed by atoms with Gasteiger partial charge in [-0.15, -0.1) is 6.58 Å². The number of nitrogens with zero attached hydrogens (tertiary/aromatic N) is 1. The highest BCUT2D eigenvalue weighted by Gasteiger charge is 2.38. The lowest BCUT2D eigenvalue weighted by Crippen LogP contribution is -2.53. The van der Waals surface area contributed by atoms with E-state index in [-0.39, 0.29) is 16.8 Å². The predicted octanol–water partition coefficient (Wildman–Crippen LogP) is 3.62. The third-order valence-electron chi connectivity index (χ3n) is 4.34. The van der Waals surface area contributed by atoms with Crippen LogP contribution in [0.15, 0.2) is 67.0 Å². The van der Waals surface area contributed by atoms with Crippen molar-refractivity contribution >= 4 is 21.8 Å². The molecule has 0 fully saturated rings. The summed E-state index contributed by atoms with van der Waals surface area (Å²) in [5.74, 6) is 0.100. The third-order valence-corrected chi connectivity index (χ3v) is 5.14. The number of carbonyl (C=O) groups is 1. The van der Waals surface area contributed by atoms with E-state index in [0.717, 1.165) is 18.4 Å². The minimum Gasteiger partial charge on any atom is -0.484 e. The molecule has 1 aromatic carbocycles. The zero-order chi connectivity index (χ0) is 18.9. The van der Waals surface area contributed by atoms with Gasteiger partial charge in [-0.1, -0.05) is 64.5 Å². The monoisotopic (exact) mass is 419 g/mol. The summed E-state index contributed by atoms with van der Waals surface area (Å²) >= 11 is 3.58. The molecule has 3 unspecified atom stereocenters. The molecule has 1 amide bonds. The van der Waals surface area contributed by atoms with Gasteiger partial charge in [0.2, 0.25) is 0 Å². The number of hydrogen-bond donors (Lipinski definition) is 1. The topological polar surface area (TPSA) is 49.8 Å². The molecule has 1 aliphatic rings. The number of amides is 1. The molecule has 0 spiro atoms. The molecule has 0 radical (unpaired) electrons. The number of hydrogen-bond acceptors (Lipinski definition) is 3. The van der Waals surface area contributed by atoms with Gasteiger partial charge in [-0.25, -0.2) is 0 Å². The van der Waals surface area contributed by atoms with Crippen LogP contribution in [0.25, 0.3) is 0 Å². The Morgan fingerprint density at radius 1 is 1.31 bits per heavy atom. The van der Waals surface area contributed by atoms with Gasteiger partial charge in [0.15, 0.2) is 5.76 Å². The number of aliphatic hydroxyl groups excluding tert-OH is 1. The Morgan fingerprint density at radius 3 is 2.73 bits per heavy atom. The molecule has 4 nitrogen and oxygen atoms in total. The summed E-state index contributed by atoms with van der Waals surface area (Å²) in [6.07, 6.45) is 9.17. The predicted molar refractivity (Wildman–Crippen MR) is 108 cm³/mol. The minimum atomic E-state index is -0.674. The van der Waals surface area contributed by atoms with Gasteiger partial charge in [0.05, 0.1) is 17.0 Å². The van der Waals surface area contributed by atoms with Crippen LogP contribution >= 0.6 is 15.9 Å². The lowest BCUT2D eigenvalue weighted by molar-refractivity contribution is -0.134. The molecular weight excluding hydrogens is 394 g/mol. The minimum absolute atomic E-state index is 0.177. The molecule has 1 aromatic rings. The van der Waals surface area contributed by atoms with Crippen molar-refractivity contribution in [3.63, 3.8) is 0 Å². The molecule has 140 valence electrons. The lowest BCUT2D eigenvalue weighted by Gasteiger charge is -2.38. The van der Waals surface area contributed by atoms with E-state index in [9.17, 15) is 9.90 Å². The van der Waals surface area contributed by atoms with Gasteiger partial charge in [-0.2, -0.15) is 0 Å². The first kappa shape index (κ1) is 20.5. The molecule has 1 aliphatic heterocycles. The maximum atomic E-state index is 12.6. The van der Waals surface area contributed by atoms with E-state index >= 15 is 0 Å². The molecule has 26 heavy (non-hydrogen) atoms. The van der Waals surface area contributed by atoms with Crippen LogP contribution in [0.1, 0.15) is 18.4 Å². The lowest BCUT2D eigenvalue weighted by atomic mass is 9.96. The summed E-state index contributed by atoms with van der Waals surface area (Å²) in [5.41, 5.74) is 1.04. The van der Waals surface area contributed by atoms with Crippen molar-refractivity contribution in [2.75, 3.05) is 13.7 Å². The number of rotatable bonds is 9. The van der Waals surface area contributed by atoms with E-state index in [2.05, 4.69) is 22.5 Å². The first-order valence-electron chi connectivity index (χ1n) is 8.78. The summed E-state index contributed by atoms with van der Waals surface area (Å²) in [6.45, 7) is 4.02. The van der Waals surface area contributed by atoms with E-state index in [0.29, 0.717) is 18.8 Å². The van der Waals surface area contributed by atoms with Crippen LogP contribution < -0.4 is 0 Å². The standard InChI is InChI=1S/C21H26BrNO3/c1-3-4-5-6-10-13-26-19-15-17(22)20(23(2)21(19)25)18(24)14-16-11-8-7-9-12-16/h3,6-12,15,17-18,20,24H,1,4-5,13-14H2,2H3/b10-6+. The molecule has 0 bridgehead atoms. The van der Waals surface area contributed by atoms with Gasteiger partial charge in [-0.3, -0.25) is 4.79 Å². The fraction of sp³-hybridized carbons (Fsp3) is 0.381. The van der Waals surface area contributed by atoms with Crippen LogP contribution in [0, 0.1) is 0 Å². The summed E-state index contributed by atoms with van der Waals surface area (Å²) in [4.78, 5) is 13.9. The molecular formula is C21H26BrNO3. The van der Waals surface area contributed by atoms with Crippen molar-refractivity contribution in [1.29, 1.82) is 0 Å². The van der Waals surface area contributed by atoms with Crippen molar-refractivity contribution in [3.8, 4) is 0 Å². The van der Waals surface area contributed by atoms with Gasteiger partial charge >= 0.3 is 0 Å². The SMILES string of the molecule is C=CCC/C=C/COC1=CC(Br)C(C(O)Cc2ccccc2)N(C)C1=O. The van der Waals surface area contributed by atoms with Crippen LogP contribution in [0.3, 0.4) is 0 Å². The molecule has 1 heterocycles.